The van der Waals surface area contributed by atoms with E-state index in [0.29, 0.717) is 6.61 Å². The van der Waals surface area contributed by atoms with Gasteiger partial charge in [-0.25, -0.2) is 4.98 Å². The van der Waals surface area contributed by atoms with Gasteiger partial charge in [0.2, 0.25) is 0 Å². The maximum atomic E-state index is 13.1. The second kappa shape index (κ2) is 9.62. The Morgan fingerprint density at radius 1 is 1.00 bits per heavy atom. The second-order valence-corrected chi connectivity index (χ2v) is 9.20. The van der Waals surface area contributed by atoms with Crippen molar-refractivity contribution in [3.8, 4) is 5.75 Å². The molecule has 6 heteroatoms. The number of aryl methyl sites for hydroxylation is 3. The van der Waals surface area contributed by atoms with Crippen LogP contribution in [0.5, 0.6) is 5.75 Å². The van der Waals surface area contributed by atoms with Crippen molar-refractivity contribution in [1.82, 2.24) is 14.8 Å². The molecule has 1 aromatic heterocycles. The third kappa shape index (κ3) is 5.32. The van der Waals surface area contributed by atoms with E-state index in [0.717, 1.165) is 54.1 Å². The number of ether oxygens (including phenoxy) is 1. The normalized spacial score (nSPS) is 14.6. The molecule has 4 rings (SSSR count). The standard InChI is InChI=1S/C25H29N3O2S/c1-18-8-10-22(11-9-18)30-17-23-26-20(3)24(31-23)25(29)28-14-12-27(13-15-28)16-21-7-5-4-6-19(21)2/h4-11H,12-17H2,1-3H3. The predicted octanol–water partition coefficient (Wildman–Crippen LogP) is 4.61. The Morgan fingerprint density at radius 2 is 1.71 bits per heavy atom. The van der Waals surface area contributed by atoms with Crippen molar-refractivity contribution in [3.05, 3.63) is 80.8 Å². The minimum Gasteiger partial charge on any atom is -0.486 e. The molecule has 0 atom stereocenters. The first kappa shape index (κ1) is 21.5. The Hall–Kier alpha value is -2.70. The minimum absolute atomic E-state index is 0.0899. The van der Waals surface area contributed by atoms with Gasteiger partial charge in [0.1, 0.15) is 22.2 Å². The highest BCUT2D eigenvalue weighted by molar-refractivity contribution is 7.13. The van der Waals surface area contributed by atoms with Crippen LogP contribution in [0.25, 0.3) is 0 Å². The van der Waals surface area contributed by atoms with Crippen LogP contribution in [0.2, 0.25) is 0 Å². The summed E-state index contributed by atoms with van der Waals surface area (Å²) in [6.45, 7) is 10.7. The fourth-order valence-electron chi connectivity index (χ4n) is 3.77. The molecule has 0 saturated carbocycles. The molecule has 1 fully saturated rings. The molecule has 162 valence electrons. The lowest BCUT2D eigenvalue weighted by molar-refractivity contribution is 0.0632. The largest absolute Gasteiger partial charge is 0.486 e. The molecule has 2 heterocycles. The van der Waals surface area contributed by atoms with E-state index in [1.54, 1.807) is 0 Å². The summed E-state index contributed by atoms with van der Waals surface area (Å²) in [6.07, 6.45) is 0. The summed E-state index contributed by atoms with van der Waals surface area (Å²) < 4.78 is 5.84. The van der Waals surface area contributed by atoms with E-state index in [-0.39, 0.29) is 5.91 Å². The van der Waals surface area contributed by atoms with Gasteiger partial charge in [-0.2, -0.15) is 0 Å². The van der Waals surface area contributed by atoms with Crippen molar-refractivity contribution in [2.45, 2.75) is 33.9 Å². The molecule has 31 heavy (non-hydrogen) atoms. The highest BCUT2D eigenvalue weighted by atomic mass is 32.1. The summed E-state index contributed by atoms with van der Waals surface area (Å²) in [5, 5.41) is 0.833. The van der Waals surface area contributed by atoms with Crippen LogP contribution in [-0.2, 0) is 13.2 Å². The van der Waals surface area contributed by atoms with E-state index in [2.05, 4.69) is 41.1 Å². The molecule has 0 spiro atoms. The number of hydrogen-bond donors (Lipinski definition) is 0. The number of amides is 1. The monoisotopic (exact) mass is 435 g/mol. The van der Waals surface area contributed by atoms with E-state index in [1.807, 2.05) is 43.0 Å². The van der Waals surface area contributed by atoms with Gasteiger partial charge in [0, 0.05) is 32.7 Å². The third-order valence-corrected chi connectivity index (χ3v) is 6.85. The summed E-state index contributed by atoms with van der Waals surface area (Å²) in [5.74, 6) is 0.906. The molecule has 1 saturated heterocycles. The van der Waals surface area contributed by atoms with Crippen molar-refractivity contribution >= 4 is 17.2 Å². The number of benzene rings is 2. The first-order valence-electron chi connectivity index (χ1n) is 10.7. The minimum atomic E-state index is 0.0899. The topological polar surface area (TPSA) is 45.7 Å². The number of thiazole rings is 1. The molecule has 0 unspecified atom stereocenters. The fourth-order valence-corrected chi connectivity index (χ4v) is 4.72. The van der Waals surface area contributed by atoms with Crippen LogP contribution >= 0.6 is 11.3 Å². The molecule has 1 aliphatic heterocycles. The van der Waals surface area contributed by atoms with Gasteiger partial charge in [-0.15, -0.1) is 11.3 Å². The van der Waals surface area contributed by atoms with Gasteiger partial charge in [-0.3, -0.25) is 9.69 Å². The molecule has 3 aromatic rings. The SMILES string of the molecule is Cc1ccc(OCc2nc(C)c(C(=O)N3CCN(Cc4ccccc4C)CC3)s2)cc1. The van der Waals surface area contributed by atoms with E-state index in [4.69, 9.17) is 4.74 Å². The van der Waals surface area contributed by atoms with Gasteiger partial charge in [0.05, 0.1) is 5.69 Å². The van der Waals surface area contributed by atoms with Crippen LogP contribution in [0.15, 0.2) is 48.5 Å². The van der Waals surface area contributed by atoms with Crippen LogP contribution < -0.4 is 4.74 Å². The van der Waals surface area contributed by atoms with Crippen molar-refractivity contribution in [3.63, 3.8) is 0 Å². The molecule has 5 nitrogen and oxygen atoms in total. The smallest absolute Gasteiger partial charge is 0.265 e. The zero-order valence-electron chi connectivity index (χ0n) is 18.4. The van der Waals surface area contributed by atoms with Gasteiger partial charge in [0.25, 0.3) is 5.91 Å². The first-order valence-corrected chi connectivity index (χ1v) is 11.5. The maximum absolute atomic E-state index is 13.1. The molecule has 2 aromatic carbocycles. The lowest BCUT2D eigenvalue weighted by Gasteiger charge is -2.34. The number of aromatic nitrogens is 1. The van der Waals surface area contributed by atoms with Crippen LogP contribution in [-0.4, -0.2) is 46.9 Å². The van der Waals surface area contributed by atoms with Crippen LogP contribution in [0.4, 0.5) is 0 Å². The third-order valence-electron chi connectivity index (χ3n) is 5.73. The Morgan fingerprint density at radius 3 is 2.42 bits per heavy atom. The Bertz CT molecular complexity index is 1040. The van der Waals surface area contributed by atoms with Crippen LogP contribution in [0, 0.1) is 20.8 Å². The summed E-state index contributed by atoms with van der Waals surface area (Å²) in [5.41, 5.74) is 4.67. The fraction of sp³-hybridized carbons (Fsp3) is 0.360. The van der Waals surface area contributed by atoms with Crippen LogP contribution in [0.3, 0.4) is 0 Å². The van der Waals surface area contributed by atoms with E-state index >= 15 is 0 Å². The van der Waals surface area contributed by atoms with Gasteiger partial charge in [-0.05, 0) is 44.0 Å². The molecular formula is C25H29N3O2S. The van der Waals surface area contributed by atoms with Gasteiger partial charge in [-0.1, -0.05) is 42.0 Å². The summed E-state index contributed by atoms with van der Waals surface area (Å²) in [4.78, 5) is 22.8. The average Bonchev–Trinajstić information content (AvgIpc) is 3.15. The Kier molecular flexibility index (Phi) is 6.68. The number of carbonyl (C=O) groups is 1. The number of hydrogen-bond acceptors (Lipinski definition) is 5. The lowest BCUT2D eigenvalue weighted by Crippen LogP contribution is -2.48. The van der Waals surface area contributed by atoms with Crippen molar-refractivity contribution in [2.24, 2.45) is 0 Å². The number of carbonyl (C=O) groups excluding carboxylic acids is 1. The van der Waals surface area contributed by atoms with Crippen molar-refractivity contribution in [2.75, 3.05) is 26.2 Å². The number of piperazine rings is 1. The predicted molar refractivity (Wildman–Crippen MR) is 125 cm³/mol. The summed E-state index contributed by atoms with van der Waals surface area (Å²) >= 11 is 1.45. The second-order valence-electron chi connectivity index (χ2n) is 8.12. The van der Waals surface area contributed by atoms with Crippen LogP contribution in [0.1, 0.15) is 37.1 Å². The number of rotatable bonds is 6. The molecule has 0 N–H and O–H groups in total. The van der Waals surface area contributed by atoms with E-state index in [9.17, 15) is 4.79 Å². The summed E-state index contributed by atoms with van der Waals surface area (Å²) in [6, 6.07) is 16.5. The average molecular weight is 436 g/mol. The molecular weight excluding hydrogens is 406 g/mol. The number of nitrogens with zero attached hydrogens (tertiary/aromatic N) is 3. The molecule has 0 bridgehead atoms. The summed E-state index contributed by atoms with van der Waals surface area (Å²) in [7, 11) is 0. The van der Waals surface area contributed by atoms with E-state index < -0.39 is 0 Å². The first-order chi connectivity index (χ1) is 15.0. The zero-order valence-corrected chi connectivity index (χ0v) is 19.2. The van der Waals surface area contributed by atoms with Crippen molar-refractivity contribution in [1.29, 1.82) is 0 Å². The van der Waals surface area contributed by atoms with E-state index in [1.165, 1.54) is 28.0 Å². The van der Waals surface area contributed by atoms with Crippen molar-refractivity contribution < 1.29 is 9.53 Å². The lowest BCUT2D eigenvalue weighted by atomic mass is 10.1. The maximum Gasteiger partial charge on any atom is 0.265 e. The quantitative estimate of drug-likeness (QED) is 0.567. The molecule has 0 radical (unpaired) electrons. The Balaban J connectivity index is 1.32. The Labute approximate surface area is 188 Å². The molecule has 1 aliphatic rings. The van der Waals surface area contributed by atoms with Gasteiger partial charge in [0.15, 0.2) is 0 Å². The highest BCUT2D eigenvalue weighted by Crippen LogP contribution is 2.23. The molecule has 1 amide bonds. The van der Waals surface area contributed by atoms with Gasteiger partial charge >= 0.3 is 0 Å². The highest BCUT2D eigenvalue weighted by Gasteiger charge is 2.25. The van der Waals surface area contributed by atoms with Gasteiger partial charge < -0.3 is 9.64 Å². The zero-order chi connectivity index (χ0) is 21.8. The molecule has 0 aliphatic carbocycles.